The lowest BCUT2D eigenvalue weighted by atomic mass is 9.98. The highest BCUT2D eigenvalue weighted by Crippen LogP contribution is 2.44. The van der Waals surface area contributed by atoms with Crippen LogP contribution in [0.15, 0.2) is 48.5 Å². The van der Waals surface area contributed by atoms with Crippen molar-refractivity contribution in [2.45, 2.75) is 50.3 Å². The van der Waals surface area contributed by atoms with Gasteiger partial charge in [0.25, 0.3) is 0 Å². The topological polar surface area (TPSA) is 105 Å². The number of rotatable bonds is 8. The first-order valence-corrected chi connectivity index (χ1v) is 11.6. The molecule has 1 saturated heterocycles. The Morgan fingerprint density at radius 3 is 2.29 bits per heavy atom. The van der Waals surface area contributed by atoms with E-state index in [-0.39, 0.29) is 30.9 Å². The molecule has 0 spiro atoms. The summed E-state index contributed by atoms with van der Waals surface area (Å²) >= 11 is 0. The van der Waals surface area contributed by atoms with Crippen molar-refractivity contribution in [3.63, 3.8) is 0 Å². The van der Waals surface area contributed by atoms with E-state index in [0.717, 1.165) is 28.7 Å². The normalized spacial score (nSPS) is 18.6. The first-order valence-electron chi connectivity index (χ1n) is 11.6. The standard InChI is InChI=1S/C26H30N2O6/c1-16(33-2)24(25(31)28-13-7-8-17(28)14-23(29)30)27-26(32)34-15-22-20-11-5-3-9-18(20)19-10-4-6-12-21(19)22/h3-6,9-12,16-17,22,24H,7-8,13-15H2,1-2H3,(H,27,32)(H,29,30)/t16-,17?,24+/m1/s1. The van der Waals surface area contributed by atoms with Crippen LogP contribution >= 0.6 is 0 Å². The molecule has 0 radical (unpaired) electrons. The number of ether oxygens (including phenoxy) is 2. The van der Waals surface area contributed by atoms with Crippen LogP contribution in [0.25, 0.3) is 11.1 Å². The third-order valence-electron chi connectivity index (χ3n) is 6.79. The van der Waals surface area contributed by atoms with Gasteiger partial charge in [-0.1, -0.05) is 48.5 Å². The molecule has 34 heavy (non-hydrogen) atoms. The molecule has 2 aliphatic rings. The third-order valence-corrected chi connectivity index (χ3v) is 6.79. The molecule has 8 nitrogen and oxygen atoms in total. The molecule has 2 N–H and O–H groups in total. The molecule has 1 heterocycles. The number of methoxy groups -OCH3 is 1. The fraction of sp³-hybridized carbons (Fsp3) is 0.423. The van der Waals surface area contributed by atoms with Gasteiger partial charge in [0.2, 0.25) is 5.91 Å². The van der Waals surface area contributed by atoms with E-state index < -0.39 is 24.2 Å². The zero-order valence-electron chi connectivity index (χ0n) is 19.4. The maximum atomic E-state index is 13.2. The molecule has 1 aliphatic carbocycles. The Morgan fingerprint density at radius 1 is 1.09 bits per heavy atom. The number of amides is 2. The highest BCUT2D eigenvalue weighted by Gasteiger charge is 2.38. The van der Waals surface area contributed by atoms with Crippen molar-refractivity contribution in [2.75, 3.05) is 20.3 Å². The summed E-state index contributed by atoms with van der Waals surface area (Å²) in [6, 6.07) is 14.8. The fourth-order valence-corrected chi connectivity index (χ4v) is 5.00. The average molecular weight is 467 g/mol. The van der Waals surface area contributed by atoms with Crippen molar-refractivity contribution in [3.05, 3.63) is 59.7 Å². The smallest absolute Gasteiger partial charge is 0.407 e. The molecular weight excluding hydrogens is 436 g/mol. The van der Waals surface area contributed by atoms with Gasteiger partial charge in [0.15, 0.2) is 0 Å². The number of hydrogen-bond acceptors (Lipinski definition) is 5. The first kappa shape index (κ1) is 23.8. The highest BCUT2D eigenvalue weighted by atomic mass is 16.5. The van der Waals surface area contributed by atoms with Crippen molar-refractivity contribution >= 4 is 18.0 Å². The summed E-state index contributed by atoms with van der Waals surface area (Å²) in [5.74, 6) is -1.40. The van der Waals surface area contributed by atoms with E-state index in [9.17, 15) is 19.5 Å². The van der Waals surface area contributed by atoms with Gasteiger partial charge in [0.1, 0.15) is 12.6 Å². The van der Waals surface area contributed by atoms with E-state index in [2.05, 4.69) is 17.4 Å². The van der Waals surface area contributed by atoms with E-state index in [1.165, 1.54) is 12.0 Å². The molecule has 0 saturated carbocycles. The maximum absolute atomic E-state index is 13.2. The van der Waals surface area contributed by atoms with Crippen LogP contribution in [0.3, 0.4) is 0 Å². The van der Waals surface area contributed by atoms with Gasteiger partial charge in [-0.25, -0.2) is 4.79 Å². The van der Waals surface area contributed by atoms with Crippen LogP contribution in [0.2, 0.25) is 0 Å². The number of likely N-dealkylation sites (tertiary alicyclic amines) is 1. The summed E-state index contributed by atoms with van der Waals surface area (Å²) in [6.07, 6.45) is -0.0953. The monoisotopic (exact) mass is 466 g/mol. The van der Waals surface area contributed by atoms with Crippen LogP contribution in [0.4, 0.5) is 4.79 Å². The number of alkyl carbamates (subject to hydrolysis) is 1. The van der Waals surface area contributed by atoms with Gasteiger partial charge in [0.05, 0.1) is 12.5 Å². The van der Waals surface area contributed by atoms with E-state index in [0.29, 0.717) is 13.0 Å². The number of nitrogens with one attached hydrogen (secondary N) is 1. The molecular formula is C26H30N2O6. The van der Waals surface area contributed by atoms with Crippen molar-refractivity contribution in [3.8, 4) is 11.1 Å². The number of carboxylic acid groups (broad SMARTS) is 1. The Kier molecular flexibility index (Phi) is 7.17. The lowest BCUT2D eigenvalue weighted by Gasteiger charge is -2.31. The summed E-state index contributed by atoms with van der Waals surface area (Å²) in [7, 11) is 1.46. The predicted molar refractivity (Wildman–Crippen MR) is 125 cm³/mol. The van der Waals surface area contributed by atoms with Crippen LogP contribution in [0.1, 0.15) is 43.2 Å². The van der Waals surface area contributed by atoms with Crippen molar-refractivity contribution < 1.29 is 29.0 Å². The number of aliphatic carboxylic acids is 1. The molecule has 3 atom stereocenters. The second-order valence-electron chi connectivity index (χ2n) is 8.81. The van der Waals surface area contributed by atoms with Crippen molar-refractivity contribution in [1.82, 2.24) is 10.2 Å². The van der Waals surface area contributed by atoms with Gasteiger partial charge in [-0.05, 0) is 42.0 Å². The molecule has 0 bridgehead atoms. The van der Waals surface area contributed by atoms with Crippen molar-refractivity contribution in [1.29, 1.82) is 0 Å². The van der Waals surface area contributed by atoms with Gasteiger partial charge in [-0.2, -0.15) is 0 Å². The molecule has 2 aromatic carbocycles. The minimum Gasteiger partial charge on any atom is -0.481 e. The van der Waals surface area contributed by atoms with Gasteiger partial charge < -0.3 is 24.8 Å². The first-order chi connectivity index (χ1) is 16.4. The van der Waals surface area contributed by atoms with Crippen molar-refractivity contribution in [2.24, 2.45) is 0 Å². The average Bonchev–Trinajstić information content (AvgIpc) is 3.42. The molecule has 2 amide bonds. The Hall–Kier alpha value is -3.39. The summed E-state index contributed by atoms with van der Waals surface area (Å²) in [6.45, 7) is 2.28. The van der Waals surface area contributed by atoms with Crippen LogP contribution in [-0.2, 0) is 19.1 Å². The van der Waals surface area contributed by atoms with Crippen LogP contribution in [0, 0.1) is 0 Å². The fourth-order valence-electron chi connectivity index (χ4n) is 5.00. The number of hydrogen-bond donors (Lipinski definition) is 2. The second kappa shape index (κ2) is 10.3. The molecule has 1 unspecified atom stereocenters. The molecule has 1 fully saturated rings. The highest BCUT2D eigenvalue weighted by molar-refractivity contribution is 5.87. The summed E-state index contributed by atoms with van der Waals surface area (Å²) < 4.78 is 10.9. The number of carbonyl (C=O) groups is 3. The maximum Gasteiger partial charge on any atom is 0.407 e. The lowest BCUT2D eigenvalue weighted by molar-refractivity contribution is -0.141. The summed E-state index contributed by atoms with van der Waals surface area (Å²) in [5.41, 5.74) is 4.46. The zero-order valence-corrected chi connectivity index (χ0v) is 19.4. The number of carbonyl (C=O) groups excluding carboxylic acids is 2. The van der Waals surface area contributed by atoms with E-state index in [1.54, 1.807) is 6.92 Å². The number of nitrogens with zero attached hydrogens (tertiary/aromatic N) is 1. The number of benzene rings is 2. The zero-order chi connectivity index (χ0) is 24.2. The van der Waals surface area contributed by atoms with Crippen LogP contribution in [0.5, 0.6) is 0 Å². The Labute approximate surface area is 198 Å². The summed E-state index contributed by atoms with van der Waals surface area (Å²) in [4.78, 5) is 38.8. The van der Waals surface area contributed by atoms with E-state index >= 15 is 0 Å². The third kappa shape index (κ3) is 4.77. The van der Waals surface area contributed by atoms with Gasteiger partial charge in [0, 0.05) is 25.6 Å². The quantitative estimate of drug-likeness (QED) is 0.618. The largest absolute Gasteiger partial charge is 0.481 e. The molecule has 0 aromatic heterocycles. The Morgan fingerprint density at radius 2 is 1.71 bits per heavy atom. The predicted octanol–water partition coefficient (Wildman–Crippen LogP) is 3.39. The summed E-state index contributed by atoms with van der Waals surface area (Å²) in [5, 5.41) is 11.8. The van der Waals surface area contributed by atoms with Gasteiger partial charge in [-0.3, -0.25) is 9.59 Å². The minimum absolute atomic E-state index is 0.0920. The Bertz CT molecular complexity index is 1030. The van der Waals surface area contributed by atoms with E-state index in [4.69, 9.17) is 9.47 Å². The van der Waals surface area contributed by atoms with Crippen LogP contribution < -0.4 is 5.32 Å². The molecule has 2 aromatic rings. The lowest BCUT2D eigenvalue weighted by Crippen LogP contribution is -2.55. The van der Waals surface area contributed by atoms with E-state index in [1.807, 2.05) is 36.4 Å². The number of carboxylic acids is 1. The SMILES string of the molecule is CO[C@H](C)[C@H](NC(=O)OCC1c2ccccc2-c2ccccc21)C(=O)N1CCCC1CC(=O)O. The Balaban J connectivity index is 1.44. The minimum atomic E-state index is -0.977. The van der Waals surface area contributed by atoms with Gasteiger partial charge in [-0.15, -0.1) is 0 Å². The van der Waals surface area contributed by atoms with Crippen LogP contribution in [-0.4, -0.2) is 66.4 Å². The molecule has 180 valence electrons. The molecule has 4 rings (SSSR count). The molecule has 1 aliphatic heterocycles. The van der Waals surface area contributed by atoms with Gasteiger partial charge >= 0.3 is 12.1 Å². The molecule has 8 heteroatoms. The number of fused-ring (bicyclic) bond motifs is 3. The second-order valence-corrected chi connectivity index (χ2v) is 8.81.